The summed E-state index contributed by atoms with van der Waals surface area (Å²) in [7, 11) is -4.24. The van der Waals surface area contributed by atoms with Crippen LogP contribution in [0.25, 0.3) is 5.65 Å². The molecule has 3 aliphatic rings. The van der Waals surface area contributed by atoms with Gasteiger partial charge in [0.15, 0.2) is 10.5 Å². The standard InChI is InChI=1S/C30H29ClN6O5S/c1-18-14-21(31)8-9-24(18)34-26-22(15-32-27-25(16-33-37(26)27)43(40,41)35-28(38)19-6-7-19)29(39)36-12-10-30(11-13-36)23-5-3-2-4-20(23)17-42-30/h2-5,8-9,14-16,19,34H,6-7,10-13,17H2,1H3,(H,35,38). The molecule has 1 spiro atoms. The van der Waals surface area contributed by atoms with Crippen molar-refractivity contribution in [2.75, 3.05) is 18.4 Å². The molecule has 222 valence electrons. The molecule has 13 heteroatoms. The van der Waals surface area contributed by atoms with Crippen LogP contribution in [0, 0.1) is 12.8 Å². The Hall–Kier alpha value is -4.00. The van der Waals surface area contributed by atoms with Crippen molar-refractivity contribution in [3.8, 4) is 0 Å². The van der Waals surface area contributed by atoms with Crippen molar-refractivity contribution < 1.29 is 22.7 Å². The molecule has 4 heterocycles. The van der Waals surface area contributed by atoms with Crippen molar-refractivity contribution in [1.82, 2.24) is 24.2 Å². The van der Waals surface area contributed by atoms with Gasteiger partial charge < -0.3 is 15.0 Å². The van der Waals surface area contributed by atoms with E-state index >= 15 is 0 Å². The van der Waals surface area contributed by atoms with Gasteiger partial charge in [-0.05, 0) is 67.5 Å². The highest BCUT2D eigenvalue weighted by molar-refractivity contribution is 7.90. The van der Waals surface area contributed by atoms with Gasteiger partial charge >= 0.3 is 0 Å². The van der Waals surface area contributed by atoms with E-state index in [1.54, 1.807) is 23.1 Å². The average molecular weight is 621 g/mol. The lowest BCUT2D eigenvalue weighted by Gasteiger charge is -2.39. The van der Waals surface area contributed by atoms with E-state index in [1.807, 2.05) is 19.1 Å². The average Bonchev–Trinajstić information content (AvgIpc) is 3.66. The fourth-order valence-electron chi connectivity index (χ4n) is 5.93. The van der Waals surface area contributed by atoms with Crippen LogP contribution in [0.15, 0.2) is 59.8 Å². The summed E-state index contributed by atoms with van der Waals surface area (Å²) in [6.45, 7) is 3.36. The van der Waals surface area contributed by atoms with Crippen LogP contribution in [-0.4, -0.2) is 52.8 Å². The van der Waals surface area contributed by atoms with Gasteiger partial charge in [-0.1, -0.05) is 35.9 Å². The Labute approximate surface area is 253 Å². The van der Waals surface area contributed by atoms with E-state index in [0.29, 0.717) is 56.1 Å². The van der Waals surface area contributed by atoms with Crippen LogP contribution in [0.3, 0.4) is 0 Å². The number of carbonyl (C=O) groups is 2. The number of nitrogens with one attached hydrogen (secondary N) is 2. The van der Waals surface area contributed by atoms with Crippen molar-refractivity contribution in [1.29, 1.82) is 0 Å². The van der Waals surface area contributed by atoms with E-state index in [1.165, 1.54) is 21.8 Å². The topological polar surface area (TPSA) is 135 Å². The molecule has 7 rings (SSSR count). The fourth-order valence-corrected chi connectivity index (χ4v) is 7.26. The number of piperidine rings is 1. The molecule has 4 aromatic rings. The molecular weight excluding hydrogens is 592 g/mol. The van der Waals surface area contributed by atoms with Crippen LogP contribution >= 0.6 is 11.6 Å². The summed E-state index contributed by atoms with van der Waals surface area (Å²) in [5, 5.41) is 8.14. The number of aromatic nitrogens is 3. The maximum atomic E-state index is 14.0. The number of likely N-dealkylation sites (tertiary alicyclic amines) is 1. The Morgan fingerprint density at radius 1 is 1.09 bits per heavy atom. The lowest BCUT2D eigenvalue weighted by atomic mass is 9.83. The Morgan fingerprint density at radius 2 is 1.86 bits per heavy atom. The van der Waals surface area contributed by atoms with Crippen LogP contribution in [0.4, 0.5) is 11.5 Å². The van der Waals surface area contributed by atoms with E-state index in [4.69, 9.17) is 16.3 Å². The SMILES string of the molecule is Cc1cc(Cl)ccc1Nc1c(C(=O)N2CCC3(CC2)OCc2ccccc23)cnc2c(S(=O)(=O)NC(=O)C3CC3)cnn12. The Morgan fingerprint density at radius 3 is 2.60 bits per heavy atom. The van der Waals surface area contributed by atoms with Crippen molar-refractivity contribution in [2.24, 2.45) is 5.92 Å². The molecule has 1 saturated heterocycles. The highest BCUT2D eigenvalue weighted by Crippen LogP contribution is 2.44. The van der Waals surface area contributed by atoms with Gasteiger partial charge in [-0.15, -0.1) is 0 Å². The van der Waals surface area contributed by atoms with Crippen molar-refractivity contribution in [2.45, 2.75) is 49.7 Å². The Kier molecular flexibility index (Phi) is 6.67. The number of sulfonamides is 1. The molecule has 2 aromatic carbocycles. The van der Waals surface area contributed by atoms with Crippen LogP contribution in [0.2, 0.25) is 5.02 Å². The van der Waals surface area contributed by atoms with Gasteiger partial charge in [0.2, 0.25) is 5.91 Å². The predicted octanol–water partition coefficient (Wildman–Crippen LogP) is 4.31. The Bertz CT molecular complexity index is 1900. The molecule has 0 radical (unpaired) electrons. The maximum absolute atomic E-state index is 14.0. The summed E-state index contributed by atoms with van der Waals surface area (Å²) < 4.78 is 36.0. The van der Waals surface area contributed by atoms with E-state index < -0.39 is 21.5 Å². The van der Waals surface area contributed by atoms with Gasteiger partial charge in [-0.3, -0.25) is 9.59 Å². The largest absolute Gasteiger partial charge is 0.365 e. The summed E-state index contributed by atoms with van der Waals surface area (Å²) in [5.74, 6) is -0.867. The first-order valence-electron chi connectivity index (χ1n) is 14.1. The zero-order valence-electron chi connectivity index (χ0n) is 23.3. The second kappa shape index (κ2) is 10.3. The third-order valence-corrected chi connectivity index (χ3v) is 10.1. The van der Waals surface area contributed by atoms with Gasteiger partial charge in [0.25, 0.3) is 15.9 Å². The lowest BCUT2D eigenvalue weighted by Crippen LogP contribution is -2.45. The number of fused-ring (bicyclic) bond motifs is 3. The van der Waals surface area contributed by atoms with Gasteiger partial charge in [0, 0.05) is 35.9 Å². The number of hydrogen-bond acceptors (Lipinski definition) is 8. The molecule has 2 aliphatic heterocycles. The number of hydrogen-bond donors (Lipinski definition) is 2. The third kappa shape index (κ3) is 4.92. The first-order valence-corrected chi connectivity index (χ1v) is 16.0. The summed E-state index contributed by atoms with van der Waals surface area (Å²) in [6, 6.07) is 13.5. The third-order valence-electron chi connectivity index (χ3n) is 8.51. The smallest absolute Gasteiger partial charge is 0.269 e. The minimum atomic E-state index is -4.24. The number of ether oxygens (including phenoxy) is 1. The molecular formula is C30H29ClN6O5S. The summed E-state index contributed by atoms with van der Waals surface area (Å²) in [5.41, 5.74) is 3.62. The molecule has 2 fully saturated rings. The molecule has 0 atom stereocenters. The number of amides is 2. The molecule has 0 unspecified atom stereocenters. The van der Waals surface area contributed by atoms with E-state index in [9.17, 15) is 18.0 Å². The number of rotatable bonds is 6. The van der Waals surface area contributed by atoms with E-state index in [0.717, 1.165) is 11.8 Å². The maximum Gasteiger partial charge on any atom is 0.269 e. The highest BCUT2D eigenvalue weighted by Gasteiger charge is 2.43. The lowest BCUT2D eigenvalue weighted by molar-refractivity contribution is -0.120. The monoisotopic (exact) mass is 620 g/mol. The Balaban J connectivity index is 1.23. The molecule has 11 nitrogen and oxygen atoms in total. The van der Waals surface area contributed by atoms with Crippen LogP contribution in [0.1, 0.15) is 52.7 Å². The number of halogens is 1. The minimum absolute atomic E-state index is 0.0182. The van der Waals surface area contributed by atoms with Crippen LogP contribution < -0.4 is 10.0 Å². The van der Waals surface area contributed by atoms with E-state index in [-0.39, 0.29) is 33.7 Å². The molecule has 0 bridgehead atoms. The zero-order valence-corrected chi connectivity index (χ0v) is 24.9. The second-order valence-corrected chi connectivity index (χ2v) is 13.4. The van der Waals surface area contributed by atoms with Gasteiger partial charge in [0.1, 0.15) is 11.4 Å². The molecule has 1 aliphatic carbocycles. The first kappa shape index (κ1) is 27.8. The van der Waals surface area contributed by atoms with Gasteiger partial charge in [0.05, 0.1) is 18.4 Å². The van der Waals surface area contributed by atoms with E-state index in [2.05, 4.69) is 32.3 Å². The summed E-state index contributed by atoms with van der Waals surface area (Å²) in [4.78, 5) is 32.2. The zero-order chi connectivity index (χ0) is 29.9. The molecule has 2 N–H and O–H groups in total. The highest BCUT2D eigenvalue weighted by atomic mass is 35.5. The summed E-state index contributed by atoms with van der Waals surface area (Å²) >= 11 is 6.18. The van der Waals surface area contributed by atoms with Crippen molar-refractivity contribution >= 4 is 50.6 Å². The molecule has 43 heavy (non-hydrogen) atoms. The minimum Gasteiger partial charge on any atom is -0.365 e. The van der Waals surface area contributed by atoms with Crippen molar-refractivity contribution in [3.63, 3.8) is 0 Å². The first-order chi connectivity index (χ1) is 20.6. The number of nitrogens with zero attached hydrogens (tertiary/aromatic N) is 4. The quantitative estimate of drug-likeness (QED) is 0.326. The molecule has 1 saturated carbocycles. The van der Waals surface area contributed by atoms with Crippen molar-refractivity contribution in [3.05, 3.63) is 82.1 Å². The number of aryl methyl sites for hydroxylation is 1. The molecule has 2 aromatic heterocycles. The van der Waals surface area contributed by atoms with Crippen LogP contribution in [-0.2, 0) is 31.8 Å². The van der Waals surface area contributed by atoms with Gasteiger partial charge in [-0.2, -0.15) is 9.61 Å². The fraction of sp³-hybridized carbons (Fsp3) is 0.333. The second-order valence-electron chi connectivity index (χ2n) is 11.3. The van der Waals surface area contributed by atoms with Crippen LogP contribution in [0.5, 0.6) is 0 Å². The predicted molar refractivity (Wildman–Crippen MR) is 159 cm³/mol. The number of anilines is 2. The summed E-state index contributed by atoms with van der Waals surface area (Å²) in [6.07, 6.45) is 5.11. The number of benzene rings is 2. The van der Waals surface area contributed by atoms with Gasteiger partial charge in [-0.25, -0.2) is 18.1 Å². The normalized spacial score (nSPS) is 17.7. The molecule has 2 amide bonds. The number of carbonyl (C=O) groups excluding carboxylic acids is 2.